The van der Waals surface area contributed by atoms with Gasteiger partial charge >= 0.3 is 0 Å². The molecule has 2 fully saturated rings. The Kier molecular flexibility index (Phi) is 5.62. The van der Waals surface area contributed by atoms with Crippen LogP contribution in [0.1, 0.15) is 19.8 Å². The summed E-state index contributed by atoms with van der Waals surface area (Å²) in [7, 11) is 0. The highest BCUT2D eigenvalue weighted by molar-refractivity contribution is 5.78. The zero-order chi connectivity index (χ0) is 19.5. The Labute approximate surface area is 165 Å². The number of carbonyl (C=O) groups excluding carboxylic acids is 1. The number of nitrogens with zero attached hydrogens (tertiary/aromatic N) is 5. The van der Waals surface area contributed by atoms with Crippen molar-refractivity contribution in [1.29, 1.82) is 0 Å². The van der Waals surface area contributed by atoms with Gasteiger partial charge in [0, 0.05) is 51.7 Å². The Morgan fingerprint density at radius 2 is 1.82 bits per heavy atom. The predicted octanol–water partition coefficient (Wildman–Crippen LogP) is 2.39. The van der Waals surface area contributed by atoms with Crippen molar-refractivity contribution in [2.75, 3.05) is 50.7 Å². The third kappa shape index (κ3) is 4.04. The summed E-state index contributed by atoms with van der Waals surface area (Å²) in [6, 6.07) is 6.74. The lowest BCUT2D eigenvalue weighted by atomic mass is 9.99. The number of rotatable bonds is 4. The second-order valence-corrected chi connectivity index (χ2v) is 7.88. The van der Waals surface area contributed by atoms with Crippen LogP contribution in [0.25, 0.3) is 5.69 Å². The van der Waals surface area contributed by atoms with Crippen molar-refractivity contribution in [2.24, 2.45) is 5.92 Å². The Morgan fingerprint density at radius 3 is 2.54 bits per heavy atom. The zero-order valence-electron chi connectivity index (χ0n) is 16.4. The van der Waals surface area contributed by atoms with Gasteiger partial charge in [0.2, 0.25) is 11.9 Å². The molecule has 0 aliphatic carbocycles. The van der Waals surface area contributed by atoms with Gasteiger partial charge in [0.1, 0.15) is 5.82 Å². The molecule has 6 nitrogen and oxygen atoms in total. The third-order valence-corrected chi connectivity index (χ3v) is 5.88. The summed E-state index contributed by atoms with van der Waals surface area (Å²) >= 11 is 0. The molecular weight excluding hydrogens is 357 g/mol. The number of carbonyl (C=O) groups is 1. The summed E-state index contributed by atoms with van der Waals surface area (Å²) in [6.45, 7) is 7.68. The summed E-state index contributed by atoms with van der Waals surface area (Å²) < 4.78 is 16.0. The van der Waals surface area contributed by atoms with Crippen LogP contribution >= 0.6 is 0 Å². The number of aromatic nitrogens is 2. The number of halogens is 1. The van der Waals surface area contributed by atoms with E-state index in [1.807, 2.05) is 11.0 Å². The first-order valence-corrected chi connectivity index (χ1v) is 10.1. The summed E-state index contributed by atoms with van der Waals surface area (Å²) in [5, 5.41) is 0. The smallest absolute Gasteiger partial charge is 0.236 e. The maximum Gasteiger partial charge on any atom is 0.236 e. The maximum atomic E-state index is 14.2. The van der Waals surface area contributed by atoms with E-state index in [2.05, 4.69) is 21.7 Å². The van der Waals surface area contributed by atoms with Crippen LogP contribution in [0.3, 0.4) is 0 Å². The molecule has 150 valence electrons. The van der Waals surface area contributed by atoms with Gasteiger partial charge in [-0.05, 0) is 30.9 Å². The van der Waals surface area contributed by atoms with Crippen LogP contribution in [0.15, 0.2) is 36.7 Å². The van der Waals surface area contributed by atoms with E-state index in [0.717, 1.165) is 64.0 Å². The number of hydrogen-bond acceptors (Lipinski definition) is 4. The minimum Gasteiger partial charge on any atom is -0.342 e. The van der Waals surface area contributed by atoms with E-state index < -0.39 is 0 Å². The number of likely N-dealkylation sites (tertiary alicyclic amines) is 1. The van der Waals surface area contributed by atoms with Gasteiger partial charge in [0.15, 0.2) is 0 Å². The number of para-hydroxylation sites is 1. The molecule has 0 saturated carbocycles. The van der Waals surface area contributed by atoms with Crippen molar-refractivity contribution in [3.05, 3.63) is 42.5 Å². The Morgan fingerprint density at radius 1 is 1.11 bits per heavy atom. The zero-order valence-corrected chi connectivity index (χ0v) is 16.4. The molecular formula is C21H28FN5O. The topological polar surface area (TPSA) is 44.6 Å². The predicted molar refractivity (Wildman–Crippen MR) is 107 cm³/mol. The molecule has 4 rings (SSSR count). The molecule has 0 atom stereocenters. The van der Waals surface area contributed by atoms with Crippen LogP contribution in [0.4, 0.5) is 10.3 Å². The van der Waals surface area contributed by atoms with Gasteiger partial charge in [-0.3, -0.25) is 14.3 Å². The number of piperazine rings is 1. The monoisotopic (exact) mass is 385 g/mol. The molecule has 28 heavy (non-hydrogen) atoms. The normalized spacial score (nSPS) is 19.2. The molecule has 2 aliphatic rings. The SMILES string of the molecule is CC1CCN(C(=O)CN2CCN(c3nccn3-c3ccccc3F)CC2)CC1. The number of anilines is 1. The number of benzene rings is 1. The average Bonchev–Trinajstić information content (AvgIpc) is 3.19. The van der Waals surface area contributed by atoms with Crippen LogP contribution in [-0.2, 0) is 4.79 Å². The van der Waals surface area contributed by atoms with Crippen molar-refractivity contribution in [1.82, 2.24) is 19.4 Å². The fourth-order valence-corrected chi connectivity index (χ4v) is 4.02. The Bertz CT molecular complexity index is 807. The van der Waals surface area contributed by atoms with E-state index in [1.54, 1.807) is 29.1 Å². The second-order valence-electron chi connectivity index (χ2n) is 7.88. The minimum absolute atomic E-state index is 0.244. The Hall–Kier alpha value is -2.41. The lowest BCUT2D eigenvalue weighted by Gasteiger charge is -2.37. The standard InChI is InChI=1S/C21H28FN5O/c1-17-6-9-25(10-7-17)20(28)16-24-12-14-26(15-13-24)21-23-8-11-27(21)19-5-3-2-4-18(19)22/h2-5,8,11,17H,6-7,9-10,12-16H2,1H3. The minimum atomic E-state index is -0.262. The summed E-state index contributed by atoms with van der Waals surface area (Å²) in [6.07, 6.45) is 5.71. The lowest BCUT2D eigenvalue weighted by Crippen LogP contribution is -2.51. The highest BCUT2D eigenvalue weighted by Crippen LogP contribution is 2.22. The molecule has 0 bridgehead atoms. The molecule has 3 heterocycles. The molecule has 7 heteroatoms. The van der Waals surface area contributed by atoms with Crippen molar-refractivity contribution in [2.45, 2.75) is 19.8 Å². The average molecular weight is 385 g/mol. The maximum absolute atomic E-state index is 14.2. The number of piperidine rings is 1. The number of hydrogen-bond donors (Lipinski definition) is 0. The van der Waals surface area contributed by atoms with E-state index in [1.165, 1.54) is 6.07 Å². The summed E-state index contributed by atoms with van der Waals surface area (Å²) in [5.74, 6) is 1.46. The Balaban J connectivity index is 1.35. The first-order valence-electron chi connectivity index (χ1n) is 10.1. The number of imidazole rings is 1. The van der Waals surface area contributed by atoms with Gasteiger partial charge in [0.05, 0.1) is 12.2 Å². The molecule has 2 aliphatic heterocycles. The van der Waals surface area contributed by atoms with Crippen molar-refractivity contribution < 1.29 is 9.18 Å². The van der Waals surface area contributed by atoms with Gasteiger partial charge in [-0.15, -0.1) is 0 Å². The van der Waals surface area contributed by atoms with Gasteiger partial charge in [-0.1, -0.05) is 19.1 Å². The van der Waals surface area contributed by atoms with Crippen molar-refractivity contribution in [3.63, 3.8) is 0 Å². The molecule has 0 radical (unpaired) electrons. The molecule has 0 spiro atoms. The molecule has 2 aromatic rings. The largest absolute Gasteiger partial charge is 0.342 e. The van der Waals surface area contributed by atoms with Gasteiger partial charge < -0.3 is 9.80 Å². The summed E-state index contributed by atoms with van der Waals surface area (Å²) in [5.41, 5.74) is 0.506. The van der Waals surface area contributed by atoms with Crippen LogP contribution in [-0.4, -0.2) is 71.1 Å². The third-order valence-electron chi connectivity index (χ3n) is 5.88. The molecule has 1 aromatic carbocycles. The lowest BCUT2D eigenvalue weighted by molar-refractivity contribution is -0.133. The van der Waals surface area contributed by atoms with E-state index in [4.69, 9.17) is 0 Å². The van der Waals surface area contributed by atoms with Gasteiger partial charge in [0.25, 0.3) is 0 Å². The van der Waals surface area contributed by atoms with Gasteiger partial charge in [-0.2, -0.15) is 0 Å². The highest BCUT2D eigenvalue weighted by Gasteiger charge is 2.26. The fraction of sp³-hybridized carbons (Fsp3) is 0.524. The van der Waals surface area contributed by atoms with E-state index >= 15 is 0 Å². The van der Waals surface area contributed by atoms with E-state index in [9.17, 15) is 9.18 Å². The fourth-order valence-electron chi connectivity index (χ4n) is 4.02. The highest BCUT2D eigenvalue weighted by atomic mass is 19.1. The summed E-state index contributed by atoms with van der Waals surface area (Å²) in [4.78, 5) is 23.4. The first-order chi connectivity index (χ1) is 13.6. The molecule has 2 saturated heterocycles. The van der Waals surface area contributed by atoms with Crippen LogP contribution in [0, 0.1) is 11.7 Å². The number of amides is 1. The molecule has 0 N–H and O–H groups in total. The van der Waals surface area contributed by atoms with Crippen molar-refractivity contribution in [3.8, 4) is 5.69 Å². The van der Waals surface area contributed by atoms with Crippen LogP contribution in [0.2, 0.25) is 0 Å². The van der Waals surface area contributed by atoms with Crippen LogP contribution < -0.4 is 4.90 Å². The molecule has 0 unspecified atom stereocenters. The first kappa shape index (κ1) is 18.9. The van der Waals surface area contributed by atoms with Crippen LogP contribution in [0.5, 0.6) is 0 Å². The van der Waals surface area contributed by atoms with Crippen molar-refractivity contribution >= 4 is 11.9 Å². The molecule has 1 amide bonds. The van der Waals surface area contributed by atoms with E-state index in [0.29, 0.717) is 12.2 Å². The second kappa shape index (κ2) is 8.31. The van der Waals surface area contributed by atoms with E-state index in [-0.39, 0.29) is 11.7 Å². The quantitative estimate of drug-likeness (QED) is 0.811. The van der Waals surface area contributed by atoms with Gasteiger partial charge in [-0.25, -0.2) is 9.37 Å². The molecule has 1 aromatic heterocycles.